The van der Waals surface area contributed by atoms with Crippen LogP contribution in [0.5, 0.6) is 5.75 Å². The Bertz CT molecular complexity index is 1370. The number of amides is 1. The van der Waals surface area contributed by atoms with Crippen molar-refractivity contribution >= 4 is 22.8 Å². The molecule has 5 rings (SSSR count). The van der Waals surface area contributed by atoms with E-state index in [1.807, 2.05) is 42.5 Å². The molecule has 36 heavy (non-hydrogen) atoms. The normalized spacial score (nSPS) is 14.7. The summed E-state index contributed by atoms with van der Waals surface area (Å²) in [5.74, 6) is 0.534. The minimum absolute atomic E-state index is 0.0374. The Morgan fingerprint density at radius 1 is 1.11 bits per heavy atom. The summed E-state index contributed by atoms with van der Waals surface area (Å²) >= 11 is 0. The van der Waals surface area contributed by atoms with Gasteiger partial charge in [-0.2, -0.15) is 5.10 Å². The van der Waals surface area contributed by atoms with Gasteiger partial charge in [-0.25, -0.2) is 4.79 Å². The standard InChI is InChI=1S/C27H28N4O5/c1-35-20-5-2-18(3-6-20)19-4-8-23-22(14-19)25(30-29-23)26(32)28-15-17-10-12-31(13-11-17)16-21-7-9-24(36-21)27(33)34/h2-9,14,17H,10-13,15-16H2,1H3,(H,28,32)(H,29,30)(H,33,34). The van der Waals surface area contributed by atoms with Gasteiger partial charge in [0.25, 0.3) is 5.91 Å². The van der Waals surface area contributed by atoms with Crippen LogP contribution in [0.2, 0.25) is 0 Å². The zero-order valence-corrected chi connectivity index (χ0v) is 20.0. The molecule has 0 atom stereocenters. The molecule has 4 aromatic rings. The first-order chi connectivity index (χ1) is 17.5. The van der Waals surface area contributed by atoms with Gasteiger partial charge < -0.3 is 19.6 Å². The van der Waals surface area contributed by atoms with Crippen LogP contribution in [-0.4, -0.2) is 58.8 Å². The van der Waals surface area contributed by atoms with E-state index in [0.717, 1.165) is 53.7 Å². The van der Waals surface area contributed by atoms with E-state index in [9.17, 15) is 9.59 Å². The van der Waals surface area contributed by atoms with Crippen LogP contribution in [0.15, 0.2) is 59.0 Å². The molecule has 1 aliphatic rings. The number of hydrogen-bond donors (Lipinski definition) is 3. The molecular formula is C27H28N4O5. The van der Waals surface area contributed by atoms with Crippen molar-refractivity contribution in [2.75, 3.05) is 26.7 Å². The lowest BCUT2D eigenvalue weighted by molar-refractivity contribution is 0.0656. The van der Waals surface area contributed by atoms with Crippen LogP contribution in [0.4, 0.5) is 0 Å². The van der Waals surface area contributed by atoms with Crippen molar-refractivity contribution < 1.29 is 23.8 Å². The third kappa shape index (κ3) is 5.11. The van der Waals surface area contributed by atoms with E-state index in [2.05, 4.69) is 20.4 Å². The van der Waals surface area contributed by atoms with E-state index in [4.69, 9.17) is 14.3 Å². The van der Waals surface area contributed by atoms with Crippen LogP contribution in [0.25, 0.3) is 22.0 Å². The molecule has 1 fully saturated rings. The van der Waals surface area contributed by atoms with E-state index in [1.54, 1.807) is 13.2 Å². The molecule has 0 saturated carbocycles. The van der Waals surface area contributed by atoms with Crippen LogP contribution in [0.1, 0.15) is 39.6 Å². The molecule has 1 saturated heterocycles. The molecule has 0 radical (unpaired) electrons. The van der Waals surface area contributed by atoms with Crippen molar-refractivity contribution in [1.29, 1.82) is 0 Å². The quantitative estimate of drug-likeness (QED) is 0.340. The molecule has 2 aromatic carbocycles. The summed E-state index contributed by atoms with van der Waals surface area (Å²) in [6, 6.07) is 16.9. The zero-order valence-electron chi connectivity index (χ0n) is 20.0. The number of benzene rings is 2. The highest BCUT2D eigenvalue weighted by Gasteiger charge is 2.22. The Hall–Kier alpha value is -4.11. The third-order valence-corrected chi connectivity index (χ3v) is 6.71. The number of aromatic nitrogens is 2. The number of fused-ring (bicyclic) bond motifs is 1. The molecule has 186 valence electrons. The number of carbonyl (C=O) groups excluding carboxylic acids is 1. The number of H-pyrrole nitrogens is 1. The molecule has 0 bridgehead atoms. The van der Waals surface area contributed by atoms with Gasteiger partial charge in [0.2, 0.25) is 5.76 Å². The summed E-state index contributed by atoms with van der Waals surface area (Å²) in [5.41, 5.74) is 3.24. The first kappa shape index (κ1) is 23.6. The molecule has 9 nitrogen and oxygen atoms in total. The van der Waals surface area contributed by atoms with Gasteiger partial charge in [-0.15, -0.1) is 0 Å². The number of furan rings is 1. The molecule has 3 heterocycles. The number of rotatable bonds is 8. The molecule has 3 N–H and O–H groups in total. The minimum Gasteiger partial charge on any atom is -0.497 e. The van der Waals surface area contributed by atoms with Crippen LogP contribution in [-0.2, 0) is 6.54 Å². The predicted molar refractivity (Wildman–Crippen MR) is 134 cm³/mol. The zero-order chi connectivity index (χ0) is 25.1. The Balaban J connectivity index is 1.17. The van der Waals surface area contributed by atoms with Gasteiger partial charge in [-0.05, 0) is 79.4 Å². The number of carboxylic acid groups (broad SMARTS) is 1. The lowest BCUT2D eigenvalue weighted by Gasteiger charge is -2.31. The monoisotopic (exact) mass is 488 g/mol. The second-order valence-corrected chi connectivity index (χ2v) is 9.06. The summed E-state index contributed by atoms with van der Waals surface area (Å²) < 4.78 is 10.6. The molecule has 1 aliphatic heterocycles. The van der Waals surface area contributed by atoms with Gasteiger partial charge in [0.15, 0.2) is 5.69 Å². The highest BCUT2D eigenvalue weighted by molar-refractivity contribution is 6.05. The topological polar surface area (TPSA) is 121 Å². The number of nitrogens with one attached hydrogen (secondary N) is 2. The fourth-order valence-electron chi connectivity index (χ4n) is 4.62. The molecular weight excluding hydrogens is 460 g/mol. The smallest absolute Gasteiger partial charge is 0.371 e. The van der Waals surface area contributed by atoms with Crippen LogP contribution >= 0.6 is 0 Å². The molecule has 9 heteroatoms. The number of likely N-dealkylation sites (tertiary alicyclic amines) is 1. The van der Waals surface area contributed by atoms with E-state index in [0.29, 0.717) is 30.5 Å². The number of carbonyl (C=O) groups is 2. The van der Waals surface area contributed by atoms with E-state index >= 15 is 0 Å². The summed E-state index contributed by atoms with van der Waals surface area (Å²) in [6.45, 7) is 2.89. The molecule has 2 aromatic heterocycles. The van der Waals surface area contributed by atoms with Crippen molar-refractivity contribution in [3.8, 4) is 16.9 Å². The van der Waals surface area contributed by atoms with Gasteiger partial charge in [-0.1, -0.05) is 18.2 Å². The fourth-order valence-corrected chi connectivity index (χ4v) is 4.62. The second kappa shape index (κ2) is 10.2. The fraction of sp³-hybridized carbons (Fsp3) is 0.296. The molecule has 0 aliphatic carbocycles. The maximum absolute atomic E-state index is 13.0. The maximum atomic E-state index is 13.0. The first-order valence-electron chi connectivity index (χ1n) is 12.0. The number of piperidine rings is 1. The summed E-state index contributed by atoms with van der Waals surface area (Å²) in [4.78, 5) is 26.2. The van der Waals surface area contributed by atoms with Gasteiger partial charge in [0.1, 0.15) is 11.5 Å². The first-order valence-corrected chi connectivity index (χ1v) is 12.0. The summed E-state index contributed by atoms with van der Waals surface area (Å²) in [7, 11) is 1.64. The van der Waals surface area contributed by atoms with Crippen molar-refractivity contribution in [3.05, 3.63) is 71.8 Å². The Kier molecular flexibility index (Phi) is 6.73. The van der Waals surface area contributed by atoms with E-state index < -0.39 is 5.97 Å². The highest BCUT2D eigenvalue weighted by Crippen LogP contribution is 2.27. The third-order valence-electron chi connectivity index (χ3n) is 6.71. The van der Waals surface area contributed by atoms with E-state index in [1.165, 1.54) is 6.07 Å². The Morgan fingerprint density at radius 2 is 1.86 bits per heavy atom. The summed E-state index contributed by atoms with van der Waals surface area (Å²) in [6.07, 6.45) is 1.88. The van der Waals surface area contributed by atoms with Crippen molar-refractivity contribution in [2.45, 2.75) is 19.4 Å². The minimum atomic E-state index is -1.06. The summed E-state index contributed by atoms with van der Waals surface area (Å²) in [5, 5.41) is 20.1. The number of ether oxygens (including phenoxy) is 1. The van der Waals surface area contributed by atoms with Crippen LogP contribution in [0.3, 0.4) is 0 Å². The van der Waals surface area contributed by atoms with Gasteiger partial charge >= 0.3 is 5.97 Å². The van der Waals surface area contributed by atoms with Gasteiger partial charge in [0, 0.05) is 11.9 Å². The number of carboxylic acids is 1. The number of methoxy groups -OCH3 is 1. The number of hydrogen-bond acceptors (Lipinski definition) is 6. The average molecular weight is 489 g/mol. The number of aromatic amines is 1. The maximum Gasteiger partial charge on any atom is 0.371 e. The van der Waals surface area contributed by atoms with Crippen LogP contribution in [0, 0.1) is 5.92 Å². The van der Waals surface area contributed by atoms with Crippen molar-refractivity contribution in [3.63, 3.8) is 0 Å². The number of aromatic carboxylic acids is 1. The Labute approximate surface area is 208 Å². The van der Waals surface area contributed by atoms with Crippen LogP contribution < -0.4 is 10.1 Å². The highest BCUT2D eigenvalue weighted by atomic mass is 16.5. The number of nitrogens with zero attached hydrogens (tertiary/aromatic N) is 2. The second-order valence-electron chi connectivity index (χ2n) is 9.06. The average Bonchev–Trinajstić information content (AvgIpc) is 3.55. The van der Waals surface area contributed by atoms with Gasteiger partial charge in [0.05, 0.1) is 19.2 Å². The van der Waals surface area contributed by atoms with Crippen molar-refractivity contribution in [1.82, 2.24) is 20.4 Å². The lowest BCUT2D eigenvalue weighted by atomic mass is 9.96. The lowest BCUT2D eigenvalue weighted by Crippen LogP contribution is -2.38. The molecule has 1 amide bonds. The predicted octanol–water partition coefficient (Wildman–Crippen LogP) is 4.17. The Morgan fingerprint density at radius 3 is 2.56 bits per heavy atom. The van der Waals surface area contributed by atoms with Gasteiger partial charge in [-0.3, -0.25) is 14.8 Å². The van der Waals surface area contributed by atoms with Crippen molar-refractivity contribution in [2.24, 2.45) is 5.92 Å². The largest absolute Gasteiger partial charge is 0.497 e. The molecule has 0 spiro atoms. The van der Waals surface area contributed by atoms with E-state index in [-0.39, 0.29) is 11.7 Å². The SMILES string of the molecule is COc1ccc(-c2ccc3[nH]nc(C(=O)NCC4CCN(Cc5ccc(C(=O)O)o5)CC4)c3c2)cc1. The molecule has 0 unspecified atom stereocenters.